The highest BCUT2D eigenvalue weighted by Crippen LogP contribution is 2.35. The van der Waals surface area contributed by atoms with Gasteiger partial charge in [0, 0.05) is 25.8 Å². The van der Waals surface area contributed by atoms with Crippen molar-refractivity contribution in [2.45, 2.75) is 45.6 Å². The van der Waals surface area contributed by atoms with Crippen LogP contribution in [-0.2, 0) is 4.74 Å². The molecule has 2 saturated heterocycles. The summed E-state index contributed by atoms with van der Waals surface area (Å²) in [7, 11) is 0. The van der Waals surface area contributed by atoms with Gasteiger partial charge in [-0.2, -0.15) is 12.6 Å². The number of hydrogen-bond donors (Lipinski definition) is 1. The summed E-state index contributed by atoms with van der Waals surface area (Å²) in [5.74, 6) is 1.86. The van der Waals surface area contributed by atoms with Crippen molar-refractivity contribution in [2.24, 2.45) is 11.3 Å². The summed E-state index contributed by atoms with van der Waals surface area (Å²) >= 11 is 4.62. The first-order valence-corrected chi connectivity index (χ1v) is 7.73. The molecule has 2 rings (SSSR count). The predicted molar refractivity (Wildman–Crippen MR) is 75.8 cm³/mol. The molecule has 2 unspecified atom stereocenters. The number of ether oxygens (including phenoxy) is 1. The highest BCUT2D eigenvalue weighted by Gasteiger charge is 2.36. The molecule has 3 heteroatoms. The van der Waals surface area contributed by atoms with Gasteiger partial charge in [-0.15, -0.1) is 0 Å². The molecule has 0 radical (unpaired) electrons. The molecule has 2 aliphatic rings. The van der Waals surface area contributed by atoms with E-state index in [4.69, 9.17) is 4.74 Å². The summed E-state index contributed by atoms with van der Waals surface area (Å²) in [5.41, 5.74) is 0.409. The van der Waals surface area contributed by atoms with Crippen LogP contribution in [0.15, 0.2) is 0 Å². The van der Waals surface area contributed by atoms with Gasteiger partial charge in [0.05, 0.1) is 0 Å². The van der Waals surface area contributed by atoms with Crippen molar-refractivity contribution in [3.8, 4) is 0 Å². The third kappa shape index (κ3) is 3.18. The topological polar surface area (TPSA) is 12.5 Å². The monoisotopic (exact) mass is 257 g/mol. The van der Waals surface area contributed by atoms with Crippen LogP contribution in [-0.4, -0.2) is 43.0 Å². The Morgan fingerprint density at radius 3 is 2.65 bits per heavy atom. The molecule has 2 nitrogen and oxygen atoms in total. The van der Waals surface area contributed by atoms with E-state index in [2.05, 4.69) is 31.4 Å². The maximum atomic E-state index is 5.51. The minimum atomic E-state index is 0.409. The Kier molecular flexibility index (Phi) is 4.79. The molecule has 17 heavy (non-hydrogen) atoms. The van der Waals surface area contributed by atoms with Gasteiger partial charge in [0.15, 0.2) is 0 Å². The van der Waals surface area contributed by atoms with Crippen LogP contribution >= 0.6 is 12.6 Å². The zero-order valence-electron chi connectivity index (χ0n) is 11.3. The Hall–Kier alpha value is 0.270. The van der Waals surface area contributed by atoms with Crippen LogP contribution in [0.25, 0.3) is 0 Å². The van der Waals surface area contributed by atoms with Gasteiger partial charge in [-0.05, 0) is 56.2 Å². The molecule has 0 spiro atoms. The molecule has 100 valence electrons. The Morgan fingerprint density at radius 1 is 1.29 bits per heavy atom. The van der Waals surface area contributed by atoms with E-state index in [0.717, 1.165) is 30.9 Å². The molecule has 0 saturated carbocycles. The van der Waals surface area contributed by atoms with Crippen LogP contribution in [0.3, 0.4) is 0 Å². The van der Waals surface area contributed by atoms with Crippen molar-refractivity contribution in [2.75, 3.05) is 32.1 Å². The standard InChI is InChI=1S/C14H27NOS/c1-12-4-3-7-15(13(12)2)10-14(11-17)5-8-16-9-6-14/h12-13,17H,3-11H2,1-2H3. The minimum Gasteiger partial charge on any atom is -0.381 e. The van der Waals surface area contributed by atoms with E-state index >= 15 is 0 Å². The second-order valence-corrected chi connectivity index (χ2v) is 6.42. The minimum absolute atomic E-state index is 0.409. The molecule has 2 heterocycles. The third-order valence-corrected chi connectivity index (χ3v) is 5.60. The summed E-state index contributed by atoms with van der Waals surface area (Å²) < 4.78 is 5.51. The van der Waals surface area contributed by atoms with Gasteiger partial charge in [0.2, 0.25) is 0 Å². The number of piperidine rings is 1. The van der Waals surface area contributed by atoms with Crippen molar-refractivity contribution in [1.29, 1.82) is 0 Å². The number of thiol groups is 1. The Balaban J connectivity index is 1.97. The van der Waals surface area contributed by atoms with Crippen LogP contribution in [0, 0.1) is 11.3 Å². The lowest BCUT2D eigenvalue weighted by atomic mass is 9.80. The highest BCUT2D eigenvalue weighted by molar-refractivity contribution is 7.80. The third-order valence-electron chi connectivity index (χ3n) is 4.93. The predicted octanol–water partition coefficient (Wildman–Crippen LogP) is 2.83. The molecular weight excluding hydrogens is 230 g/mol. The van der Waals surface area contributed by atoms with Gasteiger partial charge in [-0.25, -0.2) is 0 Å². The summed E-state index contributed by atoms with van der Waals surface area (Å²) in [4.78, 5) is 2.70. The maximum Gasteiger partial charge on any atom is 0.0472 e. The van der Waals surface area contributed by atoms with Crippen molar-refractivity contribution in [3.63, 3.8) is 0 Å². The number of rotatable bonds is 3. The second-order valence-electron chi connectivity index (χ2n) is 6.10. The smallest absolute Gasteiger partial charge is 0.0472 e. The second kappa shape index (κ2) is 5.94. The number of likely N-dealkylation sites (tertiary alicyclic amines) is 1. The lowest BCUT2D eigenvalue weighted by Gasteiger charge is -2.45. The van der Waals surface area contributed by atoms with Gasteiger partial charge in [-0.1, -0.05) is 6.92 Å². The highest BCUT2D eigenvalue weighted by atomic mass is 32.1. The van der Waals surface area contributed by atoms with E-state index in [9.17, 15) is 0 Å². The molecule has 0 amide bonds. The van der Waals surface area contributed by atoms with Crippen molar-refractivity contribution < 1.29 is 4.74 Å². The van der Waals surface area contributed by atoms with E-state index in [1.807, 2.05) is 0 Å². The summed E-state index contributed by atoms with van der Waals surface area (Å²) in [6.45, 7) is 9.16. The average molecular weight is 257 g/mol. The molecule has 2 atom stereocenters. The normalized spacial score (nSPS) is 34.8. The molecule has 0 aliphatic carbocycles. The Bertz CT molecular complexity index is 240. The van der Waals surface area contributed by atoms with Gasteiger partial charge < -0.3 is 4.74 Å². The zero-order chi connectivity index (χ0) is 12.3. The van der Waals surface area contributed by atoms with E-state index in [0.29, 0.717) is 5.41 Å². The fourth-order valence-electron chi connectivity index (χ4n) is 3.25. The molecule has 0 aromatic heterocycles. The average Bonchev–Trinajstić information content (AvgIpc) is 2.36. The number of nitrogens with zero attached hydrogens (tertiary/aromatic N) is 1. The Labute approximate surface area is 112 Å². The molecular formula is C14H27NOS. The lowest BCUT2D eigenvalue weighted by molar-refractivity contribution is -0.0108. The molecule has 0 aromatic rings. The number of hydrogen-bond acceptors (Lipinski definition) is 3. The molecule has 2 fully saturated rings. The van der Waals surface area contributed by atoms with E-state index in [-0.39, 0.29) is 0 Å². The van der Waals surface area contributed by atoms with Crippen molar-refractivity contribution in [3.05, 3.63) is 0 Å². The van der Waals surface area contributed by atoms with Crippen LogP contribution in [0.4, 0.5) is 0 Å². The Morgan fingerprint density at radius 2 is 2.00 bits per heavy atom. The fraction of sp³-hybridized carbons (Fsp3) is 1.00. The lowest BCUT2D eigenvalue weighted by Crippen LogP contribution is -2.50. The van der Waals surface area contributed by atoms with Crippen LogP contribution in [0.5, 0.6) is 0 Å². The zero-order valence-corrected chi connectivity index (χ0v) is 12.2. The van der Waals surface area contributed by atoms with Gasteiger partial charge in [0.1, 0.15) is 0 Å². The molecule has 0 aromatic carbocycles. The summed E-state index contributed by atoms with van der Waals surface area (Å²) in [6, 6.07) is 0.739. The fourth-order valence-corrected chi connectivity index (χ4v) is 3.66. The quantitative estimate of drug-likeness (QED) is 0.781. The van der Waals surface area contributed by atoms with Gasteiger partial charge >= 0.3 is 0 Å². The molecule has 2 aliphatic heterocycles. The first kappa shape index (κ1) is 13.7. The van der Waals surface area contributed by atoms with E-state index in [1.54, 1.807) is 0 Å². The summed E-state index contributed by atoms with van der Waals surface area (Å²) in [6.07, 6.45) is 5.14. The van der Waals surface area contributed by atoms with Gasteiger partial charge in [-0.3, -0.25) is 4.90 Å². The van der Waals surface area contributed by atoms with Crippen LogP contribution in [0.1, 0.15) is 39.5 Å². The van der Waals surface area contributed by atoms with E-state index < -0.39 is 0 Å². The van der Waals surface area contributed by atoms with E-state index in [1.165, 1.54) is 38.8 Å². The van der Waals surface area contributed by atoms with Crippen LogP contribution in [0.2, 0.25) is 0 Å². The van der Waals surface area contributed by atoms with Crippen LogP contribution < -0.4 is 0 Å². The molecule has 0 bridgehead atoms. The first-order valence-electron chi connectivity index (χ1n) is 7.09. The van der Waals surface area contributed by atoms with Crippen molar-refractivity contribution in [1.82, 2.24) is 4.90 Å². The van der Waals surface area contributed by atoms with Crippen molar-refractivity contribution >= 4 is 12.6 Å². The summed E-state index contributed by atoms with van der Waals surface area (Å²) in [5, 5.41) is 0. The largest absolute Gasteiger partial charge is 0.381 e. The van der Waals surface area contributed by atoms with Gasteiger partial charge in [0.25, 0.3) is 0 Å². The molecule has 0 N–H and O–H groups in total. The SMILES string of the molecule is CC1CCCN(CC2(CS)CCOCC2)C1C. The first-order chi connectivity index (χ1) is 8.17. The maximum absolute atomic E-state index is 5.51.